The second-order valence-electron chi connectivity index (χ2n) is 8.04. The average Bonchev–Trinajstić information content (AvgIpc) is 3.10. The molecule has 0 radical (unpaired) electrons. The van der Waals surface area contributed by atoms with Gasteiger partial charge in [0.1, 0.15) is 10.6 Å². The first-order valence-corrected chi connectivity index (χ1v) is 12.5. The van der Waals surface area contributed by atoms with Gasteiger partial charge in [0, 0.05) is 43.2 Å². The predicted molar refractivity (Wildman–Crippen MR) is 121 cm³/mol. The highest BCUT2D eigenvalue weighted by molar-refractivity contribution is 7.99. The maximum atomic E-state index is 6.18. The molecule has 0 aromatic carbocycles. The van der Waals surface area contributed by atoms with E-state index in [-0.39, 0.29) is 5.60 Å². The zero-order chi connectivity index (χ0) is 20.3. The van der Waals surface area contributed by atoms with Crippen molar-refractivity contribution in [1.82, 2.24) is 14.9 Å². The zero-order valence-electron chi connectivity index (χ0n) is 17.8. The SMILES string of the molecule is CCCSc1nc(NCCN2CCOCC2)c2c3c(sc2n1)COC(C)(CC)C3. The Kier molecular flexibility index (Phi) is 6.96. The molecule has 29 heavy (non-hydrogen) atoms. The van der Waals surface area contributed by atoms with Crippen molar-refractivity contribution in [1.29, 1.82) is 0 Å². The largest absolute Gasteiger partial charge is 0.379 e. The van der Waals surface area contributed by atoms with Crippen molar-refractivity contribution in [2.75, 3.05) is 50.5 Å². The van der Waals surface area contributed by atoms with Gasteiger partial charge in [-0.2, -0.15) is 0 Å². The van der Waals surface area contributed by atoms with Crippen LogP contribution in [0.5, 0.6) is 0 Å². The highest BCUT2D eigenvalue weighted by Crippen LogP contribution is 2.42. The van der Waals surface area contributed by atoms with Gasteiger partial charge in [-0.3, -0.25) is 4.90 Å². The third-order valence-corrected chi connectivity index (χ3v) is 7.98. The molecular weight excluding hydrogens is 404 g/mol. The van der Waals surface area contributed by atoms with E-state index >= 15 is 0 Å². The lowest BCUT2D eigenvalue weighted by Gasteiger charge is -2.33. The monoisotopic (exact) mass is 436 g/mol. The van der Waals surface area contributed by atoms with Crippen LogP contribution in [-0.4, -0.2) is 65.6 Å². The van der Waals surface area contributed by atoms with E-state index in [4.69, 9.17) is 19.4 Å². The third-order valence-electron chi connectivity index (χ3n) is 5.82. The minimum Gasteiger partial charge on any atom is -0.379 e. The van der Waals surface area contributed by atoms with Crippen LogP contribution in [0.15, 0.2) is 5.16 Å². The Morgan fingerprint density at radius 2 is 2.07 bits per heavy atom. The normalized spacial score (nSPS) is 22.7. The summed E-state index contributed by atoms with van der Waals surface area (Å²) in [6.07, 6.45) is 3.06. The Morgan fingerprint density at radius 3 is 2.83 bits per heavy atom. The van der Waals surface area contributed by atoms with Crippen LogP contribution in [-0.2, 0) is 22.5 Å². The molecule has 0 aliphatic carbocycles. The summed E-state index contributed by atoms with van der Waals surface area (Å²) >= 11 is 3.53. The van der Waals surface area contributed by atoms with Crippen molar-refractivity contribution >= 4 is 39.1 Å². The first-order valence-electron chi connectivity index (χ1n) is 10.7. The zero-order valence-corrected chi connectivity index (χ0v) is 19.4. The van der Waals surface area contributed by atoms with Crippen molar-refractivity contribution in [3.05, 3.63) is 10.4 Å². The molecule has 2 aromatic rings. The number of aromatic nitrogens is 2. The van der Waals surface area contributed by atoms with Crippen molar-refractivity contribution in [3.8, 4) is 0 Å². The highest BCUT2D eigenvalue weighted by Gasteiger charge is 2.33. The molecule has 2 aromatic heterocycles. The number of hydrogen-bond donors (Lipinski definition) is 1. The smallest absolute Gasteiger partial charge is 0.190 e. The topological polar surface area (TPSA) is 59.5 Å². The maximum absolute atomic E-state index is 6.18. The van der Waals surface area contributed by atoms with Gasteiger partial charge in [0.05, 0.1) is 30.8 Å². The summed E-state index contributed by atoms with van der Waals surface area (Å²) in [6, 6.07) is 0. The second kappa shape index (κ2) is 9.47. The first kappa shape index (κ1) is 21.3. The standard InChI is InChI=1S/C21H32N4O2S2/c1-4-12-28-20-23-18(22-6-7-25-8-10-26-11-9-25)17-15-13-21(3,5-2)27-14-16(15)29-19(17)24-20/h4-14H2,1-3H3,(H,22,23,24). The molecule has 4 heterocycles. The number of fused-ring (bicyclic) bond motifs is 3. The van der Waals surface area contributed by atoms with Gasteiger partial charge in [-0.1, -0.05) is 25.6 Å². The minimum atomic E-state index is -0.0955. The Morgan fingerprint density at radius 1 is 1.24 bits per heavy atom. The van der Waals surface area contributed by atoms with Crippen LogP contribution in [0, 0.1) is 0 Å². The van der Waals surface area contributed by atoms with Gasteiger partial charge in [0.25, 0.3) is 0 Å². The van der Waals surface area contributed by atoms with Crippen LogP contribution in [0.4, 0.5) is 5.82 Å². The van der Waals surface area contributed by atoms with Gasteiger partial charge >= 0.3 is 0 Å². The molecule has 1 fully saturated rings. The lowest BCUT2D eigenvalue weighted by molar-refractivity contribution is -0.0542. The Labute approximate surface area is 181 Å². The van der Waals surface area contributed by atoms with Crippen molar-refractivity contribution in [2.24, 2.45) is 0 Å². The molecule has 0 amide bonds. The van der Waals surface area contributed by atoms with E-state index < -0.39 is 0 Å². The van der Waals surface area contributed by atoms with E-state index in [0.29, 0.717) is 6.61 Å². The fourth-order valence-electron chi connectivity index (χ4n) is 3.82. The number of thiophene rings is 1. The van der Waals surface area contributed by atoms with Crippen LogP contribution in [0.25, 0.3) is 10.2 Å². The molecule has 2 aliphatic rings. The molecule has 160 valence electrons. The van der Waals surface area contributed by atoms with Crippen LogP contribution in [0.2, 0.25) is 0 Å². The lowest BCUT2D eigenvalue weighted by atomic mass is 9.90. The van der Waals surface area contributed by atoms with Gasteiger partial charge in [0.2, 0.25) is 0 Å². The van der Waals surface area contributed by atoms with Crippen LogP contribution < -0.4 is 5.32 Å². The fourth-order valence-corrected chi connectivity index (χ4v) is 5.68. The third kappa shape index (κ3) is 4.88. The summed E-state index contributed by atoms with van der Waals surface area (Å²) in [5.74, 6) is 2.04. The summed E-state index contributed by atoms with van der Waals surface area (Å²) in [6.45, 7) is 12.9. The first-order chi connectivity index (χ1) is 14.1. The number of nitrogens with one attached hydrogen (secondary N) is 1. The van der Waals surface area contributed by atoms with Crippen LogP contribution in [0.3, 0.4) is 0 Å². The molecule has 2 aliphatic heterocycles. The van der Waals surface area contributed by atoms with Gasteiger partial charge in [-0.15, -0.1) is 11.3 Å². The Hall–Kier alpha value is -0.930. The van der Waals surface area contributed by atoms with Crippen LogP contribution in [0.1, 0.15) is 44.1 Å². The van der Waals surface area contributed by atoms with E-state index in [1.54, 1.807) is 23.1 Å². The fraction of sp³-hybridized carbons (Fsp3) is 0.714. The van der Waals surface area contributed by atoms with E-state index in [2.05, 4.69) is 31.0 Å². The predicted octanol–water partition coefficient (Wildman–Crippen LogP) is 4.18. The maximum Gasteiger partial charge on any atom is 0.190 e. The van der Waals surface area contributed by atoms with Crippen molar-refractivity contribution < 1.29 is 9.47 Å². The number of rotatable bonds is 8. The molecule has 4 rings (SSSR count). The number of morpholine rings is 1. The molecular formula is C21H32N4O2S2. The van der Waals surface area contributed by atoms with Crippen molar-refractivity contribution in [2.45, 2.75) is 57.4 Å². The lowest BCUT2D eigenvalue weighted by Crippen LogP contribution is -2.39. The molecule has 0 saturated carbocycles. The summed E-state index contributed by atoms with van der Waals surface area (Å²) in [4.78, 5) is 14.7. The summed E-state index contributed by atoms with van der Waals surface area (Å²) in [5, 5.41) is 5.75. The van der Waals surface area contributed by atoms with Gasteiger partial charge in [0.15, 0.2) is 5.16 Å². The molecule has 1 N–H and O–H groups in total. The Balaban J connectivity index is 1.61. The summed E-state index contributed by atoms with van der Waals surface area (Å²) in [7, 11) is 0. The van der Waals surface area contributed by atoms with Gasteiger partial charge < -0.3 is 14.8 Å². The molecule has 8 heteroatoms. The number of nitrogens with zero attached hydrogens (tertiary/aromatic N) is 3. The molecule has 0 bridgehead atoms. The molecule has 1 saturated heterocycles. The quantitative estimate of drug-likeness (QED) is 0.492. The minimum absolute atomic E-state index is 0.0955. The second-order valence-corrected chi connectivity index (χ2v) is 10.2. The molecule has 0 spiro atoms. The average molecular weight is 437 g/mol. The number of thioether (sulfide) groups is 1. The van der Waals surface area contributed by atoms with E-state index in [9.17, 15) is 0 Å². The van der Waals surface area contributed by atoms with Gasteiger partial charge in [-0.25, -0.2) is 9.97 Å². The summed E-state index contributed by atoms with van der Waals surface area (Å²) in [5.41, 5.74) is 1.29. The van der Waals surface area contributed by atoms with E-state index in [1.807, 2.05) is 0 Å². The van der Waals surface area contributed by atoms with Crippen molar-refractivity contribution in [3.63, 3.8) is 0 Å². The number of hydrogen-bond acceptors (Lipinski definition) is 8. The van der Waals surface area contributed by atoms with E-state index in [1.165, 1.54) is 15.8 Å². The molecule has 6 nitrogen and oxygen atoms in total. The number of anilines is 1. The van der Waals surface area contributed by atoms with E-state index in [0.717, 1.165) is 80.2 Å². The molecule has 1 atom stereocenters. The van der Waals surface area contributed by atoms with Crippen LogP contribution >= 0.6 is 23.1 Å². The summed E-state index contributed by atoms with van der Waals surface area (Å²) < 4.78 is 11.6. The Bertz CT molecular complexity index is 838. The number of ether oxygens (including phenoxy) is 2. The molecule has 1 unspecified atom stereocenters. The van der Waals surface area contributed by atoms with Gasteiger partial charge in [-0.05, 0) is 25.3 Å². The highest BCUT2D eigenvalue weighted by atomic mass is 32.2.